The van der Waals surface area contributed by atoms with Crippen LogP contribution in [0.2, 0.25) is 0 Å². The van der Waals surface area contributed by atoms with Crippen molar-refractivity contribution in [2.75, 3.05) is 25.7 Å². The molecule has 2 N–H and O–H groups in total. The summed E-state index contributed by atoms with van der Waals surface area (Å²) in [5.41, 5.74) is 2.47. The fraction of sp³-hybridized carbons (Fsp3) is 0.294. The number of aromatic nitrogens is 2. The zero-order valence-electron chi connectivity index (χ0n) is 25.2. The summed E-state index contributed by atoms with van der Waals surface area (Å²) in [6.07, 6.45) is -0.285. The third-order valence-corrected chi connectivity index (χ3v) is 7.80. The lowest BCUT2D eigenvalue weighted by molar-refractivity contribution is -0.149. The summed E-state index contributed by atoms with van der Waals surface area (Å²) in [6, 6.07) is 23.8. The molecule has 0 saturated carbocycles. The van der Waals surface area contributed by atoms with Crippen LogP contribution < -0.4 is 24.4 Å². The molecule has 2 atom stereocenters. The molecular weight excluding hydrogens is 560 g/mol. The number of nitrogens with zero attached hydrogens (tertiary/aromatic N) is 3. The molecular formula is C34H36N4O6. The molecule has 1 aromatic heterocycles. The van der Waals surface area contributed by atoms with Gasteiger partial charge in [-0.15, -0.1) is 0 Å². The van der Waals surface area contributed by atoms with Gasteiger partial charge in [0.2, 0.25) is 12.0 Å². The van der Waals surface area contributed by atoms with Gasteiger partial charge in [-0.1, -0.05) is 62.4 Å². The highest BCUT2D eigenvalue weighted by atomic mass is 16.5. The Hall–Kier alpha value is -4.96. The third kappa shape index (κ3) is 5.93. The van der Waals surface area contributed by atoms with Gasteiger partial charge >= 0.3 is 12.0 Å². The van der Waals surface area contributed by atoms with Crippen LogP contribution in [-0.2, 0) is 34.5 Å². The maximum atomic E-state index is 13.9. The quantitative estimate of drug-likeness (QED) is 0.257. The Balaban J connectivity index is 1.70. The van der Waals surface area contributed by atoms with Gasteiger partial charge in [0, 0.05) is 28.7 Å². The molecule has 0 saturated heterocycles. The van der Waals surface area contributed by atoms with E-state index < -0.39 is 17.6 Å². The summed E-state index contributed by atoms with van der Waals surface area (Å²) >= 11 is 0. The van der Waals surface area contributed by atoms with Gasteiger partial charge in [0.1, 0.15) is 17.0 Å². The number of rotatable bonds is 11. The van der Waals surface area contributed by atoms with Crippen LogP contribution in [-0.4, -0.2) is 53.8 Å². The molecule has 228 valence electrons. The standard InChI is InChI=1S/C34H36N4O6/c1-5-24-18-25(6-2)37-33(36-24)44-31(32(40)41)34(23-12-8-7-9-13-23)28-14-10-11-15-29(28)38(30(39)20-35-34)21-22-16-26(42-3)19-27(17-22)43-4/h7-19,31,35H,5-6,20-21H2,1-4H3,(H,40,41)/t31-,34+/m1/s1. The second-order valence-corrected chi connectivity index (χ2v) is 10.4. The summed E-state index contributed by atoms with van der Waals surface area (Å²) in [7, 11) is 3.14. The van der Waals surface area contributed by atoms with E-state index in [2.05, 4.69) is 15.3 Å². The van der Waals surface area contributed by atoms with E-state index in [0.717, 1.165) is 17.0 Å². The van der Waals surface area contributed by atoms with Gasteiger partial charge in [-0.2, -0.15) is 0 Å². The molecule has 1 aliphatic rings. The zero-order valence-corrected chi connectivity index (χ0v) is 25.2. The van der Waals surface area contributed by atoms with E-state index in [0.29, 0.717) is 41.2 Å². The van der Waals surface area contributed by atoms with Gasteiger partial charge in [0.25, 0.3) is 0 Å². The number of carboxylic acids is 1. The SMILES string of the molecule is CCc1cc(CC)nc(O[C@H](C(=O)O)[C@@]2(c3ccccc3)NCC(=O)N(Cc3cc(OC)cc(OC)c3)c3ccccc32)n1. The molecule has 5 rings (SSSR count). The number of benzene rings is 3. The number of hydrogen-bond donors (Lipinski definition) is 2. The van der Waals surface area contributed by atoms with Crippen molar-refractivity contribution in [2.24, 2.45) is 0 Å². The first-order chi connectivity index (χ1) is 21.3. The molecule has 10 heteroatoms. The van der Waals surface area contributed by atoms with Crippen molar-refractivity contribution in [1.29, 1.82) is 0 Å². The average Bonchev–Trinajstić information content (AvgIpc) is 3.18. The number of fused-ring (bicyclic) bond motifs is 1. The van der Waals surface area contributed by atoms with Crippen LogP contribution >= 0.6 is 0 Å². The normalized spacial score (nSPS) is 16.9. The fourth-order valence-electron chi connectivity index (χ4n) is 5.61. The van der Waals surface area contributed by atoms with E-state index in [1.54, 1.807) is 25.2 Å². The van der Waals surface area contributed by atoms with Gasteiger partial charge in [0.15, 0.2) is 0 Å². The van der Waals surface area contributed by atoms with Gasteiger partial charge < -0.3 is 24.2 Å². The summed E-state index contributed by atoms with van der Waals surface area (Å²) < 4.78 is 17.2. The Morgan fingerprint density at radius 3 is 2.14 bits per heavy atom. The van der Waals surface area contributed by atoms with Crippen molar-refractivity contribution in [3.8, 4) is 17.5 Å². The largest absolute Gasteiger partial charge is 0.497 e. The average molecular weight is 597 g/mol. The van der Waals surface area contributed by atoms with Crippen LogP contribution in [0.4, 0.5) is 5.69 Å². The number of nitrogens with one attached hydrogen (secondary N) is 1. The number of carbonyl (C=O) groups excluding carboxylic acids is 1. The van der Waals surface area contributed by atoms with Gasteiger partial charge in [-0.05, 0) is 48.2 Å². The first kappa shape index (κ1) is 30.5. The van der Waals surface area contributed by atoms with Crippen molar-refractivity contribution < 1.29 is 28.9 Å². The van der Waals surface area contributed by atoms with Gasteiger partial charge in [-0.3, -0.25) is 10.1 Å². The molecule has 0 fully saturated rings. The molecule has 0 radical (unpaired) electrons. The van der Waals surface area contributed by atoms with Crippen LogP contribution in [0.25, 0.3) is 0 Å². The van der Waals surface area contributed by atoms with Crippen LogP contribution in [0.3, 0.4) is 0 Å². The Morgan fingerprint density at radius 1 is 0.932 bits per heavy atom. The molecule has 4 aromatic rings. The Morgan fingerprint density at radius 2 is 1.55 bits per heavy atom. The number of aryl methyl sites for hydroxylation is 2. The number of aliphatic carboxylic acids is 1. The zero-order chi connectivity index (χ0) is 31.3. The van der Waals surface area contributed by atoms with E-state index in [4.69, 9.17) is 14.2 Å². The van der Waals surface area contributed by atoms with Crippen LogP contribution in [0.5, 0.6) is 17.5 Å². The number of ether oxygens (including phenoxy) is 3. The third-order valence-electron chi connectivity index (χ3n) is 7.80. The highest BCUT2D eigenvalue weighted by Crippen LogP contribution is 2.42. The molecule has 3 aromatic carbocycles. The van der Waals surface area contributed by atoms with E-state index in [-0.39, 0.29) is 25.0 Å². The van der Waals surface area contributed by atoms with Crippen molar-refractivity contribution in [3.05, 3.63) is 107 Å². The second-order valence-electron chi connectivity index (χ2n) is 10.4. The molecule has 1 amide bonds. The predicted molar refractivity (Wildman–Crippen MR) is 165 cm³/mol. The highest BCUT2D eigenvalue weighted by Gasteiger charge is 2.52. The molecule has 44 heavy (non-hydrogen) atoms. The maximum absolute atomic E-state index is 13.9. The lowest BCUT2D eigenvalue weighted by Crippen LogP contribution is -2.58. The summed E-state index contributed by atoms with van der Waals surface area (Å²) in [6.45, 7) is 3.95. The number of methoxy groups -OCH3 is 2. The topological polar surface area (TPSA) is 123 Å². The lowest BCUT2D eigenvalue weighted by Gasteiger charge is -2.39. The Bertz CT molecular complexity index is 1600. The molecule has 2 heterocycles. The van der Waals surface area contributed by atoms with E-state index in [1.807, 2.05) is 86.6 Å². The second kappa shape index (κ2) is 13.1. The number of carbonyl (C=O) groups is 2. The first-order valence-corrected chi connectivity index (χ1v) is 14.5. The summed E-state index contributed by atoms with van der Waals surface area (Å²) in [5, 5.41) is 14.2. The number of para-hydroxylation sites is 1. The van der Waals surface area contributed by atoms with Gasteiger partial charge in [-0.25, -0.2) is 14.8 Å². The van der Waals surface area contributed by atoms with Crippen LogP contribution in [0.15, 0.2) is 78.9 Å². The van der Waals surface area contributed by atoms with Crippen molar-refractivity contribution >= 4 is 17.6 Å². The predicted octanol–water partition coefficient (Wildman–Crippen LogP) is 4.53. The van der Waals surface area contributed by atoms with Crippen LogP contribution in [0.1, 0.15) is 41.9 Å². The number of carboxylic acid groups (broad SMARTS) is 1. The molecule has 10 nitrogen and oxygen atoms in total. The van der Waals surface area contributed by atoms with Crippen LogP contribution in [0, 0.1) is 0 Å². The van der Waals surface area contributed by atoms with E-state index in [9.17, 15) is 14.7 Å². The summed E-state index contributed by atoms with van der Waals surface area (Å²) in [5.74, 6) is -0.310. The minimum Gasteiger partial charge on any atom is -0.497 e. The summed E-state index contributed by atoms with van der Waals surface area (Å²) in [4.78, 5) is 37.8. The monoisotopic (exact) mass is 596 g/mol. The molecule has 0 unspecified atom stereocenters. The van der Waals surface area contributed by atoms with E-state index >= 15 is 0 Å². The molecule has 0 aliphatic carbocycles. The molecule has 0 bridgehead atoms. The van der Waals surface area contributed by atoms with Crippen molar-refractivity contribution in [1.82, 2.24) is 15.3 Å². The van der Waals surface area contributed by atoms with Crippen molar-refractivity contribution in [3.63, 3.8) is 0 Å². The Kier molecular flexibility index (Phi) is 9.10. The minimum absolute atomic E-state index is 0.0286. The minimum atomic E-state index is -1.55. The number of hydrogen-bond acceptors (Lipinski definition) is 8. The number of anilines is 1. The van der Waals surface area contributed by atoms with E-state index in [1.165, 1.54) is 0 Å². The number of amides is 1. The van der Waals surface area contributed by atoms with Crippen molar-refractivity contribution in [2.45, 2.75) is 44.9 Å². The molecule has 0 spiro atoms. The Labute approximate surface area is 256 Å². The highest BCUT2D eigenvalue weighted by molar-refractivity contribution is 5.97. The maximum Gasteiger partial charge on any atom is 0.347 e. The lowest BCUT2D eigenvalue weighted by atomic mass is 9.77. The fourth-order valence-corrected chi connectivity index (χ4v) is 5.61. The first-order valence-electron chi connectivity index (χ1n) is 14.5. The van der Waals surface area contributed by atoms with Gasteiger partial charge in [0.05, 0.1) is 27.3 Å². The molecule has 1 aliphatic heterocycles. The smallest absolute Gasteiger partial charge is 0.347 e.